The molecule has 7 nitrogen and oxygen atoms in total. The minimum Gasteiger partial charge on any atom is -0.467 e. The molecule has 0 aliphatic carbocycles. The van der Waals surface area contributed by atoms with Crippen molar-refractivity contribution >= 4 is 5.69 Å². The van der Waals surface area contributed by atoms with Gasteiger partial charge in [-0.2, -0.15) is 0 Å². The second kappa shape index (κ2) is 8.10. The predicted octanol–water partition coefficient (Wildman–Crippen LogP) is 2.97. The van der Waals surface area contributed by atoms with Crippen LogP contribution in [-0.2, 0) is 6.54 Å². The fourth-order valence-corrected chi connectivity index (χ4v) is 3.88. The molecule has 0 bridgehead atoms. The largest absolute Gasteiger partial charge is 0.467 e. The molecule has 4 rings (SSSR count). The second-order valence-electron chi connectivity index (χ2n) is 7.46. The Hall–Kier alpha value is -2.74. The van der Waals surface area contributed by atoms with Crippen molar-refractivity contribution in [1.82, 2.24) is 25.1 Å². The summed E-state index contributed by atoms with van der Waals surface area (Å²) in [5, 5.41) is 12.4. The molecule has 1 aliphatic rings. The summed E-state index contributed by atoms with van der Waals surface area (Å²) in [7, 11) is 0. The van der Waals surface area contributed by atoms with Gasteiger partial charge >= 0.3 is 0 Å². The summed E-state index contributed by atoms with van der Waals surface area (Å²) < 4.78 is 20.5. The Labute approximate surface area is 163 Å². The number of halogens is 1. The molecular weight excluding hydrogens is 359 g/mol. The van der Waals surface area contributed by atoms with Gasteiger partial charge in [0.1, 0.15) is 18.1 Å². The molecular formula is C20H25FN6O. The summed E-state index contributed by atoms with van der Waals surface area (Å²) in [6.07, 6.45) is 1.66. The van der Waals surface area contributed by atoms with Crippen LogP contribution in [-0.4, -0.2) is 51.3 Å². The minimum absolute atomic E-state index is 0.125. The molecule has 1 fully saturated rings. The molecule has 0 unspecified atom stereocenters. The van der Waals surface area contributed by atoms with Crippen molar-refractivity contribution in [3.63, 3.8) is 0 Å². The third-order valence-electron chi connectivity index (χ3n) is 5.24. The fraction of sp³-hybridized carbons (Fsp3) is 0.450. The number of rotatable bonds is 6. The van der Waals surface area contributed by atoms with Crippen LogP contribution in [0.2, 0.25) is 0 Å². The maximum absolute atomic E-state index is 13.2. The van der Waals surface area contributed by atoms with E-state index in [4.69, 9.17) is 4.42 Å². The molecule has 0 spiro atoms. The van der Waals surface area contributed by atoms with Crippen molar-refractivity contribution < 1.29 is 8.81 Å². The number of tetrazole rings is 1. The maximum Gasteiger partial charge on any atom is 0.169 e. The first-order chi connectivity index (χ1) is 13.6. The van der Waals surface area contributed by atoms with Crippen molar-refractivity contribution in [3.05, 3.63) is 60.1 Å². The lowest BCUT2D eigenvalue weighted by Gasteiger charge is -2.41. The first kappa shape index (κ1) is 18.6. The van der Waals surface area contributed by atoms with E-state index in [-0.39, 0.29) is 11.9 Å². The van der Waals surface area contributed by atoms with E-state index in [2.05, 4.69) is 39.2 Å². The van der Waals surface area contributed by atoms with Crippen molar-refractivity contribution in [1.29, 1.82) is 0 Å². The molecule has 2 aromatic heterocycles. The van der Waals surface area contributed by atoms with Gasteiger partial charge in [-0.05, 0) is 52.7 Å². The summed E-state index contributed by atoms with van der Waals surface area (Å²) >= 11 is 0. The van der Waals surface area contributed by atoms with Gasteiger partial charge in [0.2, 0.25) is 0 Å². The van der Waals surface area contributed by atoms with Crippen LogP contribution >= 0.6 is 0 Å². The molecule has 1 atom stereocenters. The zero-order chi connectivity index (χ0) is 19.5. The molecule has 3 heterocycles. The topological polar surface area (TPSA) is 63.2 Å². The monoisotopic (exact) mass is 384 g/mol. The second-order valence-corrected chi connectivity index (χ2v) is 7.46. The SMILES string of the molecule is CC(C)[C@@H](c1nnnn1Cc1ccco1)N1CCN(c2ccc(F)cc2)CC1. The van der Waals surface area contributed by atoms with E-state index >= 15 is 0 Å². The van der Waals surface area contributed by atoms with Crippen molar-refractivity contribution in [2.45, 2.75) is 26.4 Å². The van der Waals surface area contributed by atoms with E-state index in [1.54, 1.807) is 6.26 Å². The Morgan fingerprint density at radius 1 is 1.07 bits per heavy atom. The Morgan fingerprint density at radius 3 is 2.46 bits per heavy atom. The number of furan rings is 1. The molecule has 148 valence electrons. The Morgan fingerprint density at radius 2 is 1.82 bits per heavy atom. The third kappa shape index (κ3) is 3.91. The van der Waals surface area contributed by atoms with Gasteiger partial charge in [-0.3, -0.25) is 4.90 Å². The highest BCUT2D eigenvalue weighted by molar-refractivity contribution is 5.46. The lowest BCUT2D eigenvalue weighted by atomic mass is 10.0. The third-order valence-corrected chi connectivity index (χ3v) is 5.24. The summed E-state index contributed by atoms with van der Waals surface area (Å²) in [5.41, 5.74) is 1.06. The van der Waals surface area contributed by atoms with Crippen LogP contribution in [0.15, 0.2) is 47.1 Å². The Kier molecular flexibility index (Phi) is 5.38. The average molecular weight is 384 g/mol. The van der Waals surface area contributed by atoms with Gasteiger partial charge in [-0.15, -0.1) is 5.10 Å². The van der Waals surface area contributed by atoms with Crippen LogP contribution in [0, 0.1) is 11.7 Å². The lowest BCUT2D eigenvalue weighted by Crippen LogP contribution is -2.49. The molecule has 8 heteroatoms. The summed E-state index contributed by atoms with van der Waals surface area (Å²) in [5.74, 6) is 1.85. The molecule has 28 heavy (non-hydrogen) atoms. The molecule has 0 radical (unpaired) electrons. The van der Waals surface area contributed by atoms with E-state index in [0.29, 0.717) is 12.5 Å². The number of benzene rings is 1. The van der Waals surface area contributed by atoms with E-state index in [1.165, 1.54) is 12.1 Å². The molecule has 1 aliphatic heterocycles. The summed E-state index contributed by atoms with van der Waals surface area (Å²) in [6, 6.07) is 10.6. The zero-order valence-electron chi connectivity index (χ0n) is 16.2. The van der Waals surface area contributed by atoms with Crippen LogP contribution in [0.1, 0.15) is 31.5 Å². The average Bonchev–Trinajstić information content (AvgIpc) is 3.36. The van der Waals surface area contributed by atoms with Gasteiger partial charge < -0.3 is 9.32 Å². The highest BCUT2D eigenvalue weighted by Gasteiger charge is 2.31. The summed E-state index contributed by atoms with van der Waals surface area (Å²) in [4.78, 5) is 4.73. The Bertz CT molecular complexity index is 869. The Balaban J connectivity index is 1.48. The van der Waals surface area contributed by atoms with Crippen molar-refractivity contribution in [2.24, 2.45) is 5.92 Å². The molecule has 3 aromatic rings. The molecule has 1 aromatic carbocycles. The predicted molar refractivity (Wildman–Crippen MR) is 103 cm³/mol. The number of anilines is 1. The first-order valence-corrected chi connectivity index (χ1v) is 9.65. The van der Waals surface area contributed by atoms with Crippen molar-refractivity contribution in [3.8, 4) is 0 Å². The molecule has 1 saturated heterocycles. The fourth-order valence-electron chi connectivity index (χ4n) is 3.88. The quantitative estimate of drug-likeness (QED) is 0.651. The van der Waals surface area contributed by atoms with Gasteiger partial charge in [-0.1, -0.05) is 13.8 Å². The number of hydrogen-bond donors (Lipinski definition) is 0. The lowest BCUT2D eigenvalue weighted by molar-refractivity contribution is 0.135. The van der Waals surface area contributed by atoms with Crippen LogP contribution < -0.4 is 4.90 Å². The van der Waals surface area contributed by atoms with Crippen LogP contribution in [0.5, 0.6) is 0 Å². The zero-order valence-corrected chi connectivity index (χ0v) is 16.2. The highest BCUT2D eigenvalue weighted by atomic mass is 19.1. The van der Waals surface area contributed by atoms with Crippen molar-refractivity contribution in [2.75, 3.05) is 31.1 Å². The highest BCUT2D eigenvalue weighted by Crippen LogP contribution is 2.29. The normalized spacial score (nSPS) is 16.6. The van der Waals surface area contributed by atoms with E-state index in [1.807, 2.05) is 28.9 Å². The van der Waals surface area contributed by atoms with Gasteiger partial charge in [-0.25, -0.2) is 9.07 Å². The first-order valence-electron chi connectivity index (χ1n) is 9.65. The number of hydrogen-bond acceptors (Lipinski definition) is 6. The number of piperazine rings is 1. The number of nitrogens with zero attached hydrogens (tertiary/aromatic N) is 6. The van der Waals surface area contributed by atoms with E-state index < -0.39 is 0 Å². The smallest absolute Gasteiger partial charge is 0.169 e. The van der Waals surface area contributed by atoms with Gasteiger partial charge in [0.05, 0.1) is 12.3 Å². The van der Waals surface area contributed by atoms with Crippen LogP contribution in [0.3, 0.4) is 0 Å². The van der Waals surface area contributed by atoms with Crippen LogP contribution in [0.25, 0.3) is 0 Å². The van der Waals surface area contributed by atoms with Gasteiger partial charge in [0, 0.05) is 31.9 Å². The van der Waals surface area contributed by atoms with Gasteiger partial charge in [0.25, 0.3) is 0 Å². The van der Waals surface area contributed by atoms with E-state index in [9.17, 15) is 4.39 Å². The minimum atomic E-state index is -0.203. The molecule has 0 N–H and O–H groups in total. The van der Waals surface area contributed by atoms with Gasteiger partial charge in [0.15, 0.2) is 5.82 Å². The summed E-state index contributed by atoms with van der Waals surface area (Å²) in [6.45, 7) is 8.48. The standard InChI is InChI=1S/C20H25FN6O/c1-15(2)19(20-22-23-24-27(20)14-18-4-3-13-28-18)26-11-9-25(10-12-26)17-7-5-16(21)6-8-17/h3-8,13,15,19H,9-12,14H2,1-2H3/t19-/m0/s1. The van der Waals surface area contributed by atoms with E-state index in [0.717, 1.165) is 43.5 Å². The van der Waals surface area contributed by atoms with Crippen LogP contribution in [0.4, 0.5) is 10.1 Å². The maximum atomic E-state index is 13.2. The molecule has 0 amide bonds. The molecule has 0 saturated carbocycles. The number of aromatic nitrogens is 4.